The third-order valence-corrected chi connectivity index (χ3v) is 2.79. The molecule has 1 aromatic rings. The molecule has 1 N–H and O–H groups in total. The quantitative estimate of drug-likeness (QED) is 0.725. The van der Waals surface area contributed by atoms with Gasteiger partial charge in [0.2, 0.25) is 0 Å². The molecule has 0 fully saturated rings. The van der Waals surface area contributed by atoms with E-state index in [1.54, 1.807) is 13.3 Å². The molecule has 19 heavy (non-hydrogen) atoms. The van der Waals surface area contributed by atoms with Gasteiger partial charge in [0.25, 0.3) is 0 Å². The molecule has 0 saturated carbocycles. The Bertz CT molecular complexity index is 408. The monoisotopic (exact) mass is 265 g/mol. The first-order valence-corrected chi connectivity index (χ1v) is 6.45. The van der Waals surface area contributed by atoms with Crippen LogP contribution in [0.3, 0.4) is 0 Å². The van der Waals surface area contributed by atoms with Crippen LogP contribution in [0.1, 0.15) is 31.3 Å². The van der Waals surface area contributed by atoms with Crippen molar-refractivity contribution < 1.29 is 9.84 Å². The second kappa shape index (κ2) is 7.86. The van der Waals surface area contributed by atoms with Crippen LogP contribution >= 0.6 is 0 Å². The van der Waals surface area contributed by atoms with Crippen molar-refractivity contribution in [3.05, 3.63) is 30.4 Å². The van der Waals surface area contributed by atoms with Gasteiger partial charge in [-0.25, -0.2) is 9.97 Å². The number of hydrogen-bond donors (Lipinski definition) is 1. The summed E-state index contributed by atoms with van der Waals surface area (Å²) >= 11 is 0. The molecule has 1 heterocycles. The lowest BCUT2D eigenvalue weighted by Crippen LogP contribution is -2.29. The van der Waals surface area contributed by atoms with Crippen molar-refractivity contribution in [1.29, 1.82) is 0 Å². The number of anilines is 1. The molecule has 0 amide bonds. The largest absolute Gasteiger partial charge is 0.390 e. The fourth-order valence-electron chi connectivity index (χ4n) is 1.75. The Hall–Kier alpha value is -1.46. The smallest absolute Gasteiger partial charge is 0.131 e. The van der Waals surface area contributed by atoms with Gasteiger partial charge in [0.05, 0.1) is 30.8 Å². The predicted molar refractivity (Wildman–Crippen MR) is 76.3 cm³/mol. The molecule has 1 rings (SSSR count). The van der Waals surface area contributed by atoms with E-state index in [1.165, 1.54) is 0 Å². The van der Waals surface area contributed by atoms with E-state index >= 15 is 0 Å². The van der Waals surface area contributed by atoms with Gasteiger partial charge in [-0.05, 0) is 0 Å². The summed E-state index contributed by atoms with van der Waals surface area (Å²) in [5, 5.41) is 9.49. The van der Waals surface area contributed by atoms with Gasteiger partial charge in [-0.15, -0.1) is 6.58 Å². The first kappa shape index (κ1) is 15.6. The molecule has 0 atom stereocenters. The molecule has 106 valence electrons. The average molecular weight is 265 g/mol. The van der Waals surface area contributed by atoms with Crippen LogP contribution < -0.4 is 4.90 Å². The molecule has 0 aromatic carbocycles. The van der Waals surface area contributed by atoms with Crippen LogP contribution in [0.4, 0.5) is 5.69 Å². The molecule has 5 nitrogen and oxygen atoms in total. The van der Waals surface area contributed by atoms with E-state index in [0.29, 0.717) is 25.4 Å². The summed E-state index contributed by atoms with van der Waals surface area (Å²) in [7, 11) is 1.66. The lowest BCUT2D eigenvalue weighted by atomic mass is 10.2. The van der Waals surface area contributed by atoms with E-state index in [9.17, 15) is 5.11 Å². The van der Waals surface area contributed by atoms with E-state index in [2.05, 4.69) is 16.5 Å². The summed E-state index contributed by atoms with van der Waals surface area (Å²) in [6, 6.07) is 0. The number of aliphatic hydroxyl groups is 1. The minimum absolute atomic E-state index is 0.0990. The van der Waals surface area contributed by atoms with Crippen LogP contribution in [0, 0.1) is 0 Å². The second-order valence-corrected chi connectivity index (χ2v) is 4.60. The molecule has 0 saturated heterocycles. The molecule has 0 aliphatic carbocycles. The topological polar surface area (TPSA) is 58.5 Å². The zero-order chi connectivity index (χ0) is 14.3. The molecule has 5 heteroatoms. The minimum Gasteiger partial charge on any atom is -0.390 e. The maximum atomic E-state index is 9.49. The molecule has 1 aromatic heterocycles. The van der Waals surface area contributed by atoms with Gasteiger partial charge < -0.3 is 14.7 Å². The minimum atomic E-state index is -0.0990. The number of hydrogen-bond acceptors (Lipinski definition) is 5. The number of methoxy groups -OCH3 is 1. The number of aromatic nitrogens is 2. The lowest BCUT2D eigenvalue weighted by Gasteiger charge is -2.24. The number of aliphatic hydroxyl groups excluding tert-OH is 1. The highest BCUT2D eigenvalue weighted by molar-refractivity contribution is 5.49. The Morgan fingerprint density at radius 3 is 2.79 bits per heavy atom. The molecule has 0 bridgehead atoms. The summed E-state index contributed by atoms with van der Waals surface area (Å²) in [6.45, 7) is 9.69. The van der Waals surface area contributed by atoms with E-state index in [1.807, 2.05) is 24.8 Å². The first-order chi connectivity index (χ1) is 9.13. The van der Waals surface area contributed by atoms with E-state index in [4.69, 9.17) is 4.74 Å². The molecule has 0 unspecified atom stereocenters. The Kier molecular flexibility index (Phi) is 6.45. The first-order valence-electron chi connectivity index (χ1n) is 6.45. The van der Waals surface area contributed by atoms with Crippen molar-refractivity contribution in [2.75, 3.05) is 31.7 Å². The van der Waals surface area contributed by atoms with Crippen LogP contribution in [0.15, 0.2) is 18.9 Å². The van der Waals surface area contributed by atoms with Crippen molar-refractivity contribution in [2.24, 2.45) is 0 Å². The molecule has 0 spiro atoms. The fourth-order valence-corrected chi connectivity index (χ4v) is 1.75. The Morgan fingerprint density at radius 1 is 1.53 bits per heavy atom. The van der Waals surface area contributed by atoms with Crippen LogP contribution in [0.5, 0.6) is 0 Å². The Morgan fingerprint density at radius 2 is 2.26 bits per heavy atom. The molecule has 0 aliphatic rings. The standard InChI is InChI=1S/C14H23N3O2/c1-5-6-17(7-8-19-4)13-9-15-14(11(2)3)16-12(13)10-18/h5,9,11,18H,1,6-8,10H2,2-4H3. The van der Waals surface area contributed by atoms with E-state index in [0.717, 1.165) is 11.5 Å². The third kappa shape index (κ3) is 4.29. The van der Waals surface area contributed by atoms with Crippen molar-refractivity contribution in [1.82, 2.24) is 9.97 Å². The Labute approximate surface area is 114 Å². The summed E-state index contributed by atoms with van der Waals surface area (Å²) in [6.07, 6.45) is 3.58. The zero-order valence-electron chi connectivity index (χ0n) is 12.0. The normalized spacial score (nSPS) is 10.8. The average Bonchev–Trinajstić information content (AvgIpc) is 2.42. The van der Waals surface area contributed by atoms with Gasteiger partial charge in [-0.3, -0.25) is 0 Å². The predicted octanol–water partition coefficient (Wildman–Crippen LogP) is 1.73. The summed E-state index contributed by atoms with van der Waals surface area (Å²) in [4.78, 5) is 10.8. The zero-order valence-corrected chi connectivity index (χ0v) is 12.0. The van der Waals surface area contributed by atoms with Crippen molar-refractivity contribution in [2.45, 2.75) is 26.4 Å². The molecular formula is C14H23N3O2. The van der Waals surface area contributed by atoms with Crippen molar-refractivity contribution >= 4 is 5.69 Å². The highest BCUT2D eigenvalue weighted by atomic mass is 16.5. The highest BCUT2D eigenvalue weighted by Crippen LogP contribution is 2.20. The molecule has 0 radical (unpaired) electrons. The maximum absolute atomic E-state index is 9.49. The molecular weight excluding hydrogens is 242 g/mol. The molecule has 0 aliphatic heterocycles. The van der Waals surface area contributed by atoms with Crippen LogP contribution in [-0.2, 0) is 11.3 Å². The van der Waals surface area contributed by atoms with Gasteiger partial charge >= 0.3 is 0 Å². The fraction of sp³-hybridized carbons (Fsp3) is 0.571. The van der Waals surface area contributed by atoms with Gasteiger partial charge in [0.15, 0.2) is 0 Å². The summed E-state index contributed by atoms with van der Waals surface area (Å²) in [5.41, 5.74) is 1.49. The lowest BCUT2D eigenvalue weighted by molar-refractivity contribution is 0.205. The SMILES string of the molecule is C=CCN(CCOC)c1cnc(C(C)C)nc1CO. The van der Waals surface area contributed by atoms with Crippen LogP contribution in [-0.4, -0.2) is 41.9 Å². The number of nitrogens with zero attached hydrogens (tertiary/aromatic N) is 3. The maximum Gasteiger partial charge on any atom is 0.131 e. The van der Waals surface area contributed by atoms with E-state index in [-0.39, 0.29) is 12.5 Å². The van der Waals surface area contributed by atoms with Crippen LogP contribution in [0.2, 0.25) is 0 Å². The van der Waals surface area contributed by atoms with Crippen molar-refractivity contribution in [3.63, 3.8) is 0 Å². The van der Waals surface area contributed by atoms with Crippen LogP contribution in [0.25, 0.3) is 0 Å². The summed E-state index contributed by atoms with van der Waals surface area (Å²) < 4.78 is 5.10. The van der Waals surface area contributed by atoms with Crippen molar-refractivity contribution in [3.8, 4) is 0 Å². The van der Waals surface area contributed by atoms with Gasteiger partial charge in [0.1, 0.15) is 5.82 Å². The third-order valence-electron chi connectivity index (χ3n) is 2.79. The Balaban J connectivity index is 3.03. The number of rotatable bonds is 8. The summed E-state index contributed by atoms with van der Waals surface area (Å²) in [5.74, 6) is 0.990. The van der Waals surface area contributed by atoms with Gasteiger partial charge in [-0.2, -0.15) is 0 Å². The second-order valence-electron chi connectivity index (χ2n) is 4.60. The van der Waals surface area contributed by atoms with E-state index < -0.39 is 0 Å². The van der Waals surface area contributed by atoms with Gasteiger partial charge in [0, 0.05) is 26.1 Å². The van der Waals surface area contributed by atoms with Gasteiger partial charge in [-0.1, -0.05) is 19.9 Å². The number of ether oxygens (including phenoxy) is 1. The highest BCUT2D eigenvalue weighted by Gasteiger charge is 2.14.